The van der Waals surface area contributed by atoms with E-state index in [1.54, 1.807) is 0 Å². The zero-order chi connectivity index (χ0) is 9.78. The number of nitrogens with zero attached hydrogens (tertiary/aromatic N) is 1. The van der Waals surface area contributed by atoms with E-state index in [4.69, 9.17) is 15.7 Å². The smallest absolute Gasteiger partial charge is 0.404 e. The first kappa shape index (κ1) is 10.8. The third-order valence-electron chi connectivity index (χ3n) is 1.50. The van der Waals surface area contributed by atoms with Crippen LogP contribution in [0.15, 0.2) is 0 Å². The third-order valence-corrected chi connectivity index (χ3v) is 1.50. The second-order valence-electron chi connectivity index (χ2n) is 3.65. The summed E-state index contributed by atoms with van der Waals surface area (Å²) in [5, 5.41) is 8.43. The van der Waals surface area contributed by atoms with E-state index in [9.17, 15) is 4.79 Å². The Bertz CT molecular complexity index is 200. The summed E-state index contributed by atoms with van der Waals surface area (Å²) in [6.45, 7) is 5.66. The van der Waals surface area contributed by atoms with Gasteiger partial charge in [-0.25, -0.2) is 4.79 Å². The molecule has 0 radical (unpaired) electrons. The van der Waals surface area contributed by atoms with Crippen molar-refractivity contribution in [3.63, 3.8) is 0 Å². The molecule has 1 amide bonds. The zero-order valence-corrected chi connectivity index (χ0v) is 7.63. The van der Waals surface area contributed by atoms with E-state index in [1.165, 1.54) is 0 Å². The summed E-state index contributed by atoms with van der Waals surface area (Å²) in [5.41, 5.74) is 4.60. The molecule has 68 valence electrons. The molecule has 0 aromatic rings. The average Bonchev–Trinajstić information content (AvgIpc) is 1.83. The van der Waals surface area contributed by atoms with Crippen LogP contribution in [-0.2, 0) is 4.74 Å². The quantitative estimate of drug-likeness (QED) is 0.680. The van der Waals surface area contributed by atoms with Crippen LogP contribution in [0.1, 0.15) is 27.2 Å². The van der Waals surface area contributed by atoms with Gasteiger partial charge in [0.25, 0.3) is 0 Å². The molecule has 2 N–H and O–H groups in total. The van der Waals surface area contributed by atoms with Crippen LogP contribution in [0.3, 0.4) is 0 Å². The van der Waals surface area contributed by atoms with Gasteiger partial charge in [0.2, 0.25) is 0 Å². The molecule has 4 nitrogen and oxygen atoms in total. The summed E-state index contributed by atoms with van der Waals surface area (Å²) in [4.78, 5) is 10.4. The van der Waals surface area contributed by atoms with E-state index in [2.05, 4.69) is 0 Å². The van der Waals surface area contributed by atoms with Crippen LogP contribution in [-0.4, -0.2) is 12.2 Å². The van der Waals surface area contributed by atoms with Crippen molar-refractivity contribution >= 4 is 6.09 Å². The molecule has 0 aliphatic heterocycles. The lowest BCUT2D eigenvalue weighted by molar-refractivity contribution is 0.0403. The van der Waals surface area contributed by atoms with Crippen LogP contribution in [0.25, 0.3) is 0 Å². The van der Waals surface area contributed by atoms with Gasteiger partial charge in [0.05, 0.1) is 12.5 Å². The van der Waals surface area contributed by atoms with Gasteiger partial charge in [0.1, 0.15) is 6.10 Å². The molecule has 0 heterocycles. The Labute approximate surface area is 72.3 Å². The van der Waals surface area contributed by atoms with Crippen LogP contribution in [0.4, 0.5) is 4.79 Å². The number of amides is 1. The van der Waals surface area contributed by atoms with Crippen molar-refractivity contribution < 1.29 is 9.53 Å². The number of ether oxygens (including phenoxy) is 1. The maximum Gasteiger partial charge on any atom is 0.404 e. The number of hydrogen-bond acceptors (Lipinski definition) is 3. The van der Waals surface area contributed by atoms with Gasteiger partial charge in [-0.05, 0) is 0 Å². The Balaban J connectivity index is 4.25. The Morgan fingerprint density at radius 3 is 2.42 bits per heavy atom. The van der Waals surface area contributed by atoms with E-state index in [0.29, 0.717) is 0 Å². The molecule has 0 fully saturated rings. The van der Waals surface area contributed by atoms with Gasteiger partial charge in [0, 0.05) is 5.41 Å². The van der Waals surface area contributed by atoms with E-state index in [-0.39, 0.29) is 11.8 Å². The first-order valence-electron chi connectivity index (χ1n) is 3.71. The van der Waals surface area contributed by atoms with Gasteiger partial charge in [-0.3, -0.25) is 0 Å². The zero-order valence-electron chi connectivity index (χ0n) is 7.63. The Hall–Kier alpha value is -1.24. The van der Waals surface area contributed by atoms with Gasteiger partial charge >= 0.3 is 6.09 Å². The average molecular weight is 170 g/mol. The third kappa shape index (κ3) is 3.81. The highest BCUT2D eigenvalue weighted by molar-refractivity contribution is 5.64. The van der Waals surface area contributed by atoms with Crippen LogP contribution >= 0.6 is 0 Å². The fraction of sp³-hybridized carbons (Fsp3) is 0.750. The van der Waals surface area contributed by atoms with Crippen molar-refractivity contribution in [3.8, 4) is 6.07 Å². The maximum atomic E-state index is 10.4. The minimum atomic E-state index is -0.829. The molecule has 0 spiro atoms. The number of carbonyl (C=O) groups excluding carboxylic acids is 1. The SMILES string of the molecule is CC(C)(C)C(CC#N)OC(N)=O. The molecule has 0 rings (SSSR count). The number of nitriles is 1. The van der Waals surface area contributed by atoms with Crippen LogP contribution in [0.2, 0.25) is 0 Å². The standard InChI is InChI=1S/C8H14N2O2/c1-8(2,3)6(4-5-9)12-7(10)11/h6H,4H2,1-3H3,(H2,10,11). The van der Waals surface area contributed by atoms with Crippen molar-refractivity contribution in [2.75, 3.05) is 0 Å². The summed E-state index contributed by atoms with van der Waals surface area (Å²) in [6.07, 6.45) is -1.09. The van der Waals surface area contributed by atoms with Crippen LogP contribution in [0.5, 0.6) is 0 Å². The summed E-state index contributed by atoms with van der Waals surface area (Å²) in [5.74, 6) is 0. The summed E-state index contributed by atoms with van der Waals surface area (Å²) in [6, 6.07) is 1.95. The maximum absolute atomic E-state index is 10.4. The van der Waals surface area contributed by atoms with Crippen molar-refractivity contribution in [3.05, 3.63) is 0 Å². The highest BCUT2D eigenvalue weighted by atomic mass is 16.6. The van der Waals surface area contributed by atoms with Gasteiger partial charge < -0.3 is 10.5 Å². The summed E-state index contributed by atoms with van der Waals surface area (Å²) < 4.78 is 4.77. The van der Waals surface area contributed by atoms with Gasteiger partial charge in [-0.2, -0.15) is 5.26 Å². The highest BCUT2D eigenvalue weighted by Crippen LogP contribution is 2.24. The number of hydrogen-bond donors (Lipinski definition) is 1. The van der Waals surface area contributed by atoms with E-state index < -0.39 is 12.2 Å². The molecule has 12 heavy (non-hydrogen) atoms. The summed E-state index contributed by atoms with van der Waals surface area (Å²) >= 11 is 0. The monoisotopic (exact) mass is 170 g/mol. The fourth-order valence-electron chi connectivity index (χ4n) is 0.748. The topological polar surface area (TPSA) is 76.1 Å². The molecular weight excluding hydrogens is 156 g/mol. The number of primary amides is 1. The lowest BCUT2D eigenvalue weighted by Crippen LogP contribution is -2.33. The van der Waals surface area contributed by atoms with Gasteiger partial charge in [-0.15, -0.1) is 0 Å². The van der Waals surface area contributed by atoms with E-state index >= 15 is 0 Å². The molecule has 0 saturated carbocycles. The van der Waals surface area contributed by atoms with E-state index in [0.717, 1.165) is 0 Å². The number of carbonyl (C=O) groups is 1. The molecule has 0 aliphatic rings. The van der Waals surface area contributed by atoms with Crippen molar-refractivity contribution in [1.82, 2.24) is 0 Å². The largest absolute Gasteiger partial charge is 0.445 e. The van der Waals surface area contributed by atoms with E-state index in [1.807, 2.05) is 26.8 Å². The first-order chi connectivity index (χ1) is 5.38. The molecular formula is C8H14N2O2. The second-order valence-corrected chi connectivity index (χ2v) is 3.65. The predicted molar refractivity (Wildman–Crippen MR) is 44.1 cm³/mol. The van der Waals surface area contributed by atoms with Crippen LogP contribution in [0, 0.1) is 16.7 Å². The molecule has 0 saturated heterocycles. The normalized spacial score (nSPS) is 13.2. The minimum absolute atomic E-state index is 0.173. The second kappa shape index (κ2) is 3.96. The number of rotatable bonds is 2. The summed E-state index contributed by atoms with van der Waals surface area (Å²) in [7, 11) is 0. The Kier molecular flexibility index (Phi) is 3.55. The molecule has 1 unspecified atom stereocenters. The van der Waals surface area contributed by atoms with Crippen molar-refractivity contribution in [2.24, 2.45) is 11.1 Å². The molecule has 4 heteroatoms. The van der Waals surface area contributed by atoms with Gasteiger partial charge in [0.15, 0.2) is 0 Å². The molecule has 0 aromatic heterocycles. The molecule has 0 aliphatic carbocycles. The van der Waals surface area contributed by atoms with Gasteiger partial charge in [-0.1, -0.05) is 20.8 Å². The van der Waals surface area contributed by atoms with Crippen molar-refractivity contribution in [1.29, 1.82) is 5.26 Å². The fourth-order valence-corrected chi connectivity index (χ4v) is 0.748. The minimum Gasteiger partial charge on any atom is -0.445 e. The molecule has 0 bridgehead atoms. The van der Waals surface area contributed by atoms with Crippen molar-refractivity contribution in [2.45, 2.75) is 33.3 Å². The lowest BCUT2D eigenvalue weighted by Gasteiger charge is -2.27. The molecule has 0 aromatic carbocycles. The first-order valence-corrected chi connectivity index (χ1v) is 3.71. The molecule has 1 atom stereocenters. The highest BCUT2D eigenvalue weighted by Gasteiger charge is 2.27. The predicted octanol–water partition coefficient (Wildman–Crippen LogP) is 1.41. The number of nitrogens with two attached hydrogens (primary N) is 1. The Morgan fingerprint density at radius 1 is 1.67 bits per heavy atom. The lowest BCUT2D eigenvalue weighted by atomic mass is 9.87. The Morgan fingerprint density at radius 2 is 2.17 bits per heavy atom. The van der Waals surface area contributed by atoms with Crippen LogP contribution < -0.4 is 5.73 Å².